The number of hydrogen-bond donors (Lipinski definition) is 2. The van der Waals surface area contributed by atoms with Gasteiger partial charge >= 0.3 is 18.4 Å². The van der Waals surface area contributed by atoms with Gasteiger partial charge in [0.2, 0.25) is 5.95 Å². The molecule has 0 spiro atoms. The maximum atomic E-state index is 13.7. The van der Waals surface area contributed by atoms with E-state index in [4.69, 9.17) is 9.84 Å². The highest BCUT2D eigenvalue weighted by molar-refractivity contribution is 5.89. The van der Waals surface area contributed by atoms with Crippen LogP contribution in [0, 0.1) is 6.92 Å². The Morgan fingerprint density at radius 3 is 2.23 bits per heavy atom. The van der Waals surface area contributed by atoms with Crippen molar-refractivity contribution in [3.8, 4) is 0 Å². The number of hydrogen-bond acceptors (Lipinski definition) is 8. The number of aromatic nitrogens is 4. The van der Waals surface area contributed by atoms with Crippen molar-refractivity contribution in [2.45, 2.75) is 64.6 Å². The zero-order valence-corrected chi connectivity index (χ0v) is 24.5. The van der Waals surface area contributed by atoms with Crippen molar-refractivity contribution in [3.05, 3.63) is 58.5 Å². The largest absolute Gasteiger partial charge is 0.449 e. The summed E-state index contributed by atoms with van der Waals surface area (Å²) in [4.78, 5) is 24.9. The predicted molar refractivity (Wildman–Crippen MR) is 149 cm³/mol. The van der Waals surface area contributed by atoms with Crippen LogP contribution >= 0.6 is 0 Å². The first kappa shape index (κ1) is 32.8. The summed E-state index contributed by atoms with van der Waals surface area (Å²) in [6.45, 7) is 4.97. The summed E-state index contributed by atoms with van der Waals surface area (Å²) in [6.07, 6.45) is -7.16. The summed E-state index contributed by atoms with van der Waals surface area (Å²) in [5.41, 5.74) is -1.64. The first-order chi connectivity index (χ1) is 20.7. The molecule has 44 heavy (non-hydrogen) atoms. The number of rotatable bonds is 9. The smallest absolute Gasteiger partial charge is 0.416 e. The molecule has 2 aromatic heterocycles. The molecule has 3 aromatic rings. The van der Waals surface area contributed by atoms with Gasteiger partial charge in [0.25, 0.3) is 0 Å². The maximum Gasteiger partial charge on any atom is 0.416 e. The van der Waals surface area contributed by atoms with Gasteiger partial charge in [0.15, 0.2) is 0 Å². The molecule has 0 bridgehead atoms. The standard InChI is InChI=1S/C28H33F6N7O3/c1-5-21-12-22(23-16(3)38-39(4)24(23)41(21)26(43)44-6-2)40(25-36-13-20(14-37-25)35-7-8-42)15-17-9-18(27(29,30)31)11-19(10-17)28(32,33)34/h9-11,13-14,21-22,35,42H,5-8,12,15H2,1-4H3. The van der Waals surface area contributed by atoms with Gasteiger partial charge in [-0.05, 0) is 50.5 Å². The molecule has 3 heterocycles. The molecule has 1 aliphatic rings. The second-order valence-electron chi connectivity index (χ2n) is 10.3. The Morgan fingerprint density at radius 1 is 1.09 bits per heavy atom. The molecule has 1 aromatic carbocycles. The first-order valence-corrected chi connectivity index (χ1v) is 13.9. The zero-order chi connectivity index (χ0) is 32.4. The van der Waals surface area contributed by atoms with E-state index in [1.165, 1.54) is 26.9 Å². The molecule has 2 atom stereocenters. The third-order valence-corrected chi connectivity index (χ3v) is 7.31. The Hall–Kier alpha value is -4.08. The Labute approximate surface area is 249 Å². The van der Waals surface area contributed by atoms with E-state index in [0.29, 0.717) is 41.3 Å². The number of aryl methyl sites for hydroxylation is 2. The normalized spacial score (nSPS) is 16.9. The number of ether oxygens (including phenoxy) is 1. The number of nitrogens with zero attached hydrogens (tertiary/aromatic N) is 6. The van der Waals surface area contributed by atoms with E-state index >= 15 is 0 Å². The summed E-state index contributed by atoms with van der Waals surface area (Å²) in [6, 6.07) is 0.291. The van der Waals surface area contributed by atoms with Crippen LogP contribution in [0.3, 0.4) is 0 Å². The van der Waals surface area contributed by atoms with Crippen LogP contribution in [0.2, 0.25) is 0 Å². The average molecular weight is 630 g/mol. The number of fused-ring (bicyclic) bond motifs is 1. The second kappa shape index (κ2) is 12.9. The highest BCUT2D eigenvalue weighted by atomic mass is 19.4. The molecule has 16 heteroatoms. The van der Waals surface area contributed by atoms with Gasteiger partial charge in [-0.3, -0.25) is 9.58 Å². The van der Waals surface area contributed by atoms with Crippen molar-refractivity contribution in [3.63, 3.8) is 0 Å². The summed E-state index contributed by atoms with van der Waals surface area (Å²) < 4.78 is 89.2. The Balaban J connectivity index is 1.90. The second-order valence-corrected chi connectivity index (χ2v) is 10.3. The SMILES string of the molecule is CCOC(=O)N1c2c(c(C)nn2C)C(N(Cc2cc(C(F)(F)F)cc(C(F)(F)F)c2)c2ncc(NCCO)cn2)CC1CC. The summed E-state index contributed by atoms with van der Waals surface area (Å²) in [7, 11) is 1.64. The molecular weight excluding hydrogens is 596 g/mol. The van der Waals surface area contributed by atoms with Gasteiger partial charge in [0.05, 0.1) is 54.2 Å². The molecule has 4 rings (SSSR count). The number of carbonyl (C=O) groups excluding carboxylic acids is 1. The quantitative estimate of drug-likeness (QED) is 0.284. The molecular formula is C28H33F6N7O3. The van der Waals surface area contributed by atoms with Crippen LogP contribution in [0.15, 0.2) is 30.6 Å². The lowest BCUT2D eigenvalue weighted by atomic mass is 9.90. The summed E-state index contributed by atoms with van der Waals surface area (Å²) in [5.74, 6) is 0.430. The minimum absolute atomic E-state index is 0.0316. The molecule has 0 aliphatic carbocycles. The molecule has 0 saturated carbocycles. The number of amides is 1. The van der Waals surface area contributed by atoms with Crippen LogP contribution in [0.4, 0.5) is 48.6 Å². The molecule has 2 N–H and O–H groups in total. The van der Waals surface area contributed by atoms with Crippen molar-refractivity contribution in [2.75, 3.05) is 34.9 Å². The van der Waals surface area contributed by atoms with Crippen LogP contribution in [-0.2, 0) is 30.7 Å². The lowest BCUT2D eigenvalue weighted by molar-refractivity contribution is -0.143. The fraction of sp³-hybridized carbons (Fsp3) is 0.500. The van der Waals surface area contributed by atoms with Crippen molar-refractivity contribution in [1.82, 2.24) is 19.7 Å². The van der Waals surface area contributed by atoms with Gasteiger partial charge in [-0.15, -0.1) is 0 Å². The lowest BCUT2D eigenvalue weighted by Gasteiger charge is -2.42. The van der Waals surface area contributed by atoms with Crippen LogP contribution in [0.1, 0.15) is 60.7 Å². The molecule has 1 aliphatic heterocycles. The Morgan fingerprint density at radius 2 is 1.70 bits per heavy atom. The molecule has 0 radical (unpaired) electrons. The number of anilines is 3. The Bertz CT molecular complexity index is 1430. The molecule has 1 amide bonds. The lowest BCUT2D eigenvalue weighted by Crippen LogP contribution is -2.48. The van der Waals surface area contributed by atoms with Gasteiger partial charge in [-0.1, -0.05) is 6.92 Å². The molecule has 240 valence electrons. The predicted octanol–water partition coefficient (Wildman–Crippen LogP) is 5.85. The van der Waals surface area contributed by atoms with E-state index in [1.54, 1.807) is 20.9 Å². The third-order valence-electron chi connectivity index (χ3n) is 7.31. The van der Waals surface area contributed by atoms with E-state index in [0.717, 1.165) is 0 Å². The van der Waals surface area contributed by atoms with Gasteiger partial charge in [0, 0.05) is 31.7 Å². The van der Waals surface area contributed by atoms with Crippen molar-refractivity contribution < 1.29 is 41.0 Å². The van der Waals surface area contributed by atoms with Crippen molar-refractivity contribution >= 4 is 23.5 Å². The summed E-state index contributed by atoms with van der Waals surface area (Å²) >= 11 is 0. The van der Waals surface area contributed by atoms with Gasteiger partial charge in [-0.2, -0.15) is 31.4 Å². The number of carbonyl (C=O) groups is 1. The number of nitrogens with one attached hydrogen (secondary N) is 1. The molecule has 0 fully saturated rings. The van der Waals surface area contributed by atoms with E-state index in [-0.39, 0.29) is 43.8 Å². The van der Waals surface area contributed by atoms with Crippen molar-refractivity contribution in [2.24, 2.45) is 7.05 Å². The zero-order valence-electron chi connectivity index (χ0n) is 24.5. The van der Waals surface area contributed by atoms with Gasteiger partial charge in [-0.25, -0.2) is 14.8 Å². The van der Waals surface area contributed by atoms with Crippen molar-refractivity contribution in [1.29, 1.82) is 0 Å². The maximum absolute atomic E-state index is 13.7. The molecule has 0 saturated heterocycles. The van der Waals surface area contributed by atoms with E-state index in [1.807, 2.05) is 6.92 Å². The minimum Gasteiger partial charge on any atom is -0.449 e. The number of aliphatic hydroxyl groups excluding tert-OH is 1. The van der Waals surface area contributed by atoms with E-state index in [2.05, 4.69) is 20.4 Å². The molecule has 10 nitrogen and oxygen atoms in total. The third kappa shape index (κ3) is 6.84. The van der Waals surface area contributed by atoms with Crippen LogP contribution < -0.4 is 15.1 Å². The molecule has 2 unspecified atom stereocenters. The van der Waals surface area contributed by atoms with Crippen LogP contribution in [-0.4, -0.2) is 56.7 Å². The van der Waals surface area contributed by atoms with Crippen LogP contribution in [0.5, 0.6) is 0 Å². The highest BCUT2D eigenvalue weighted by Gasteiger charge is 2.43. The number of aliphatic hydroxyl groups is 1. The van der Waals surface area contributed by atoms with Gasteiger partial charge in [0.1, 0.15) is 5.82 Å². The minimum atomic E-state index is -5.03. The number of alkyl halides is 6. The monoisotopic (exact) mass is 629 g/mol. The van der Waals surface area contributed by atoms with Gasteiger partial charge < -0.3 is 20.1 Å². The highest BCUT2D eigenvalue weighted by Crippen LogP contribution is 2.45. The topological polar surface area (TPSA) is 109 Å². The number of halogens is 6. The van der Waals surface area contributed by atoms with Crippen LogP contribution in [0.25, 0.3) is 0 Å². The fourth-order valence-corrected chi connectivity index (χ4v) is 5.44. The first-order valence-electron chi connectivity index (χ1n) is 13.9. The fourth-order valence-electron chi connectivity index (χ4n) is 5.44. The van der Waals surface area contributed by atoms with E-state index < -0.39 is 48.2 Å². The van der Waals surface area contributed by atoms with E-state index in [9.17, 15) is 31.1 Å². The average Bonchev–Trinajstić information content (AvgIpc) is 3.26. The number of benzene rings is 1. The summed E-state index contributed by atoms with van der Waals surface area (Å²) in [5, 5.41) is 16.5. The Kier molecular flexibility index (Phi) is 9.61.